The van der Waals surface area contributed by atoms with Crippen LogP contribution < -0.4 is 5.73 Å². The lowest BCUT2D eigenvalue weighted by Crippen LogP contribution is -2.09. The molecular weight excluding hydrogens is 142 g/mol. The van der Waals surface area contributed by atoms with Crippen LogP contribution in [0.2, 0.25) is 0 Å². The molecule has 1 aliphatic heterocycles. The Hall–Kier alpha value is -0.470. The predicted octanol–water partition coefficient (Wildman–Crippen LogP) is 1.44. The highest BCUT2D eigenvalue weighted by Gasteiger charge is 2.21. The van der Waals surface area contributed by atoms with Crippen LogP contribution >= 0.6 is 11.8 Å². The highest BCUT2D eigenvalue weighted by Crippen LogP contribution is 2.33. The lowest BCUT2D eigenvalue weighted by atomic mass is 10.1. The average Bonchev–Trinajstić information content (AvgIpc) is 2.27. The van der Waals surface area contributed by atoms with Crippen molar-refractivity contribution in [3.05, 3.63) is 36.0 Å². The van der Waals surface area contributed by atoms with Gasteiger partial charge in [-0.1, -0.05) is 30.4 Å². The summed E-state index contributed by atoms with van der Waals surface area (Å²) < 4.78 is 0. The molecule has 0 saturated heterocycles. The minimum atomic E-state index is 0.201. The Bertz CT molecular complexity index is 227. The third-order valence-corrected chi connectivity index (χ3v) is 2.85. The lowest BCUT2D eigenvalue weighted by Gasteiger charge is -2.08. The van der Waals surface area contributed by atoms with Crippen LogP contribution in [0.15, 0.2) is 36.0 Å². The summed E-state index contributed by atoms with van der Waals surface area (Å²) in [5, 5.41) is 0.729. The highest BCUT2D eigenvalue weighted by atomic mass is 32.2. The maximum Gasteiger partial charge on any atom is 0.0709 e. The van der Waals surface area contributed by atoms with E-state index in [9.17, 15) is 0 Å². The molecule has 0 bridgehead atoms. The van der Waals surface area contributed by atoms with Gasteiger partial charge >= 0.3 is 0 Å². The van der Waals surface area contributed by atoms with Crippen molar-refractivity contribution in [3.8, 4) is 0 Å². The molecule has 0 fully saturated rings. The Kier molecular flexibility index (Phi) is 1.43. The summed E-state index contributed by atoms with van der Waals surface area (Å²) in [6.07, 6.45) is 10.6. The Morgan fingerprint density at radius 3 is 3.10 bits per heavy atom. The van der Waals surface area contributed by atoms with Crippen molar-refractivity contribution in [2.75, 3.05) is 0 Å². The first-order chi connectivity index (χ1) is 4.86. The maximum atomic E-state index is 5.71. The van der Waals surface area contributed by atoms with Crippen molar-refractivity contribution >= 4 is 11.8 Å². The van der Waals surface area contributed by atoms with Crippen molar-refractivity contribution in [2.24, 2.45) is 5.73 Å². The molecule has 1 heterocycles. The number of nitrogens with two attached hydrogens (primary N) is 1. The van der Waals surface area contributed by atoms with Crippen LogP contribution in [0.1, 0.15) is 0 Å². The first kappa shape index (κ1) is 6.25. The third kappa shape index (κ3) is 0.935. The average molecular weight is 151 g/mol. The van der Waals surface area contributed by atoms with Crippen LogP contribution in [0, 0.1) is 0 Å². The molecule has 2 N–H and O–H groups in total. The molecule has 2 atom stereocenters. The Labute approximate surface area is 64.7 Å². The molecule has 0 saturated carbocycles. The van der Waals surface area contributed by atoms with Crippen molar-refractivity contribution in [1.82, 2.24) is 0 Å². The van der Waals surface area contributed by atoms with E-state index in [1.165, 1.54) is 5.57 Å². The van der Waals surface area contributed by atoms with Crippen molar-refractivity contribution < 1.29 is 0 Å². The van der Waals surface area contributed by atoms with Gasteiger partial charge < -0.3 is 5.73 Å². The van der Waals surface area contributed by atoms with Crippen molar-refractivity contribution in [1.29, 1.82) is 0 Å². The normalized spacial score (nSPS) is 35.9. The summed E-state index contributed by atoms with van der Waals surface area (Å²) in [5.41, 5.74) is 7.07. The van der Waals surface area contributed by atoms with E-state index in [-0.39, 0.29) is 5.37 Å². The largest absolute Gasteiger partial charge is 0.316 e. The fraction of sp³-hybridized carbons (Fsp3) is 0.250. The van der Waals surface area contributed by atoms with E-state index in [0.29, 0.717) is 5.25 Å². The zero-order valence-electron chi connectivity index (χ0n) is 5.53. The number of rotatable bonds is 0. The molecule has 2 rings (SSSR count). The van der Waals surface area contributed by atoms with Crippen LogP contribution in [-0.2, 0) is 0 Å². The number of hydrogen-bond acceptors (Lipinski definition) is 2. The summed E-state index contributed by atoms with van der Waals surface area (Å²) in [6, 6.07) is 0. The van der Waals surface area contributed by atoms with Crippen LogP contribution in [0.5, 0.6) is 0 Å². The van der Waals surface area contributed by atoms with E-state index in [0.717, 1.165) is 0 Å². The summed E-state index contributed by atoms with van der Waals surface area (Å²) in [4.78, 5) is 0. The molecule has 2 aliphatic rings. The highest BCUT2D eigenvalue weighted by molar-refractivity contribution is 8.01. The van der Waals surface area contributed by atoms with Gasteiger partial charge in [0.15, 0.2) is 0 Å². The molecule has 0 spiro atoms. The van der Waals surface area contributed by atoms with Crippen LogP contribution in [0.4, 0.5) is 0 Å². The van der Waals surface area contributed by atoms with E-state index in [1.54, 1.807) is 11.8 Å². The first-order valence-corrected chi connectivity index (χ1v) is 4.28. The van der Waals surface area contributed by atoms with Gasteiger partial charge in [-0.15, -0.1) is 11.8 Å². The van der Waals surface area contributed by atoms with Gasteiger partial charge in [0.25, 0.3) is 0 Å². The molecule has 0 aromatic rings. The minimum absolute atomic E-state index is 0.201. The lowest BCUT2D eigenvalue weighted by molar-refractivity contribution is 1.17. The fourth-order valence-corrected chi connectivity index (χ4v) is 2.28. The number of allylic oxidation sites excluding steroid dienone is 3. The van der Waals surface area contributed by atoms with E-state index in [2.05, 4.69) is 30.4 Å². The predicted molar refractivity (Wildman–Crippen MR) is 45.7 cm³/mol. The van der Waals surface area contributed by atoms with E-state index >= 15 is 0 Å². The summed E-state index contributed by atoms with van der Waals surface area (Å²) >= 11 is 1.80. The second-order valence-corrected chi connectivity index (χ2v) is 3.76. The number of thioether (sulfide) groups is 1. The minimum Gasteiger partial charge on any atom is -0.316 e. The molecule has 2 unspecified atom stereocenters. The number of fused-ring (bicyclic) bond motifs is 1. The molecule has 2 heteroatoms. The van der Waals surface area contributed by atoms with Gasteiger partial charge in [-0.2, -0.15) is 0 Å². The molecule has 0 amide bonds. The van der Waals surface area contributed by atoms with Crippen molar-refractivity contribution in [2.45, 2.75) is 10.6 Å². The standard InChI is InChI=1S/C8H9NS/c9-8-5-6-3-1-2-4-7(6)10-8/h1-5,7-8H,9H2. The summed E-state index contributed by atoms with van der Waals surface area (Å²) in [5.74, 6) is 0. The maximum absolute atomic E-state index is 5.71. The van der Waals surface area contributed by atoms with Crippen LogP contribution in [0.3, 0.4) is 0 Å². The van der Waals surface area contributed by atoms with E-state index < -0.39 is 0 Å². The summed E-state index contributed by atoms with van der Waals surface area (Å²) in [7, 11) is 0. The monoisotopic (exact) mass is 151 g/mol. The zero-order valence-corrected chi connectivity index (χ0v) is 6.34. The molecule has 10 heavy (non-hydrogen) atoms. The third-order valence-electron chi connectivity index (χ3n) is 1.67. The van der Waals surface area contributed by atoms with Crippen LogP contribution in [0.25, 0.3) is 0 Å². The Morgan fingerprint density at radius 1 is 1.40 bits per heavy atom. The molecule has 1 aliphatic carbocycles. The van der Waals surface area contributed by atoms with E-state index in [4.69, 9.17) is 5.73 Å². The van der Waals surface area contributed by atoms with Gasteiger partial charge in [-0.25, -0.2) is 0 Å². The second-order valence-electron chi connectivity index (χ2n) is 2.43. The molecule has 0 aromatic heterocycles. The zero-order chi connectivity index (χ0) is 6.97. The second kappa shape index (κ2) is 2.29. The van der Waals surface area contributed by atoms with Gasteiger partial charge in [-0.05, 0) is 5.57 Å². The molecule has 52 valence electrons. The fourth-order valence-electron chi connectivity index (χ4n) is 1.21. The summed E-state index contributed by atoms with van der Waals surface area (Å²) in [6.45, 7) is 0. The van der Waals surface area contributed by atoms with Gasteiger partial charge in [0.2, 0.25) is 0 Å². The number of hydrogen-bond donors (Lipinski definition) is 1. The first-order valence-electron chi connectivity index (χ1n) is 3.34. The van der Waals surface area contributed by atoms with Gasteiger partial charge in [-0.3, -0.25) is 0 Å². The van der Waals surface area contributed by atoms with Gasteiger partial charge in [0, 0.05) is 5.25 Å². The topological polar surface area (TPSA) is 26.0 Å². The quantitative estimate of drug-likeness (QED) is 0.567. The van der Waals surface area contributed by atoms with Crippen molar-refractivity contribution in [3.63, 3.8) is 0 Å². The molecule has 0 aromatic carbocycles. The Morgan fingerprint density at radius 2 is 2.30 bits per heavy atom. The van der Waals surface area contributed by atoms with E-state index in [1.807, 2.05) is 0 Å². The Balaban J connectivity index is 2.29. The smallest absolute Gasteiger partial charge is 0.0709 e. The van der Waals surface area contributed by atoms with Crippen LogP contribution in [-0.4, -0.2) is 10.6 Å². The molecular formula is C8H9NS. The molecule has 1 nitrogen and oxygen atoms in total. The molecule has 0 radical (unpaired) electrons. The van der Waals surface area contributed by atoms with Gasteiger partial charge in [0.05, 0.1) is 5.37 Å². The van der Waals surface area contributed by atoms with Gasteiger partial charge in [0.1, 0.15) is 0 Å². The SMILES string of the molecule is NC1C=C2C=CC=CC2S1.